The van der Waals surface area contributed by atoms with Gasteiger partial charge in [-0.05, 0) is 50.3 Å². The van der Waals surface area contributed by atoms with Gasteiger partial charge < -0.3 is 9.88 Å². The first-order valence-electron chi connectivity index (χ1n) is 11.1. The van der Waals surface area contributed by atoms with E-state index in [-0.39, 0.29) is 28.1 Å². The van der Waals surface area contributed by atoms with Crippen molar-refractivity contribution in [2.45, 2.75) is 55.0 Å². The van der Waals surface area contributed by atoms with Gasteiger partial charge in [0.15, 0.2) is 15.0 Å². The van der Waals surface area contributed by atoms with Crippen molar-refractivity contribution in [3.63, 3.8) is 0 Å². The second-order valence-electron chi connectivity index (χ2n) is 8.23. The van der Waals surface area contributed by atoms with E-state index in [9.17, 15) is 18.5 Å². The normalized spacial score (nSPS) is 13.1. The number of thiophene rings is 1. The highest BCUT2D eigenvalue weighted by molar-refractivity contribution is 7.99. The molecule has 0 radical (unpaired) electrons. The van der Waals surface area contributed by atoms with Crippen LogP contribution in [0.3, 0.4) is 0 Å². The number of hydrogen-bond acceptors (Lipinski definition) is 8. The van der Waals surface area contributed by atoms with Crippen LogP contribution >= 0.6 is 23.1 Å². The van der Waals surface area contributed by atoms with Gasteiger partial charge >= 0.3 is 0 Å². The molecule has 0 saturated carbocycles. The zero-order chi connectivity index (χ0) is 25.0. The SMILES string of the molecule is C=CCn1c(CS(=O)(=O)c2ccc(C)cc2)nnc1SCC(=O)Nc1sc2c(c1C#N)CCCC2. The van der Waals surface area contributed by atoms with E-state index < -0.39 is 9.84 Å². The number of aryl methyl sites for hydroxylation is 2. The molecule has 182 valence electrons. The molecule has 0 unspecified atom stereocenters. The Kier molecular flexibility index (Phi) is 7.74. The smallest absolute Gasteiger partial charge is 0.235 e. The highest BCUT2D eigenvalue weighted by Gasteiger charge is 2.24. The third kappa shape index (κ3) is 5.66. The number of amides is 1. The number of nitrogens with zero attached hydrogens (tertiary/aromatic N) is 4. The third-order valence-corrected chi connectivity index (χ3v) is 9.48. The predicted octanol–water partition coefficient (Wildman–Crippen LogP) is 4.29. The van der Waals surface area contributed by atoms with Gasteiger partial charge in [-0.1, -0.05) is 35.5 Å². The number of benzene rings is 1. The highest BCUT2D eigenvalue weighted by atomic mass is 32.2. The molecular weight excluding hydrogens is 502 g/mol. The molecule has 0 atom stereocenters. The molecular formula is C24H25N5O3S3. The van der Waals surface area contributed by atoms with Gasteiger partial charge in [0.2, 0.25) is 5.91 Å². The van der Waals surface area contributed by atoms with Crippen LogP contribution in [0.5, 0.6) is 0 Å². The summed E-state index contributed by atoms with van der Waals surface area (Å²) in [4.78, 5) is 14.1. The Morgan fingerprint density at radius 3 is 2.74 bits per heavy atom. The van der Waals surface area contributed by atoms with Crippen molar-refractivity contribution in [1.29, 1.82) is 5.26 Å². The number of anilines is 1. The fraction of sp³-hybridized carbons (Fsp3) is 0.333. The molecule has 3 aromatic rings. The number of thioether (sulfide) groups is 1. The van der Waals surface area contributed by atoms with Gasteiger partial charge in [0.05, 0.1) is 16.2 Å². The number of carbonyl (C=O) groups is 1. The van der Waals surface area contributed by atoms with Crippen LogP contribution in [-0.2, 0) is 39.8 Å². The minimum Gasteiger partial charge on any atom is -0.316 e. The molecule has 1 N–H and O–H groups in total. The molecule has 1 aliphatic rings. The highest BCUT2D eigenvalue weighted by Crippen LogP contribution is 2.37. The molecule has 35 heavy (non-hydrogen) atoms. The summed E-state index contributed by atoms with van der Waals surface area (Å²) in [6.45, 7) is 5.95. The number of rotatable bonds is 9. The summed E-state index contributed by atoms with van der Waals surface area (Å²) in [5.74, 6) is -0.234. The number of hydrogen-bond donors (Lipinski definition) is 1. The third-order valence-electron chi connectivity index (χ3n) is 5.67. The van der Waals surface area contributed by atoms with E-state index >= 15 is 0 Å². The number of nitrogens with one attached hydrogen (secondary N) is 1. The van der Waals surface area contributed by atoms with E-state index in [4.69, 9.17) is 0 Å². The molecule has 2 heterocycles. The minimum atomic E-state index is -3.61. The summed E-state index contributed by atoms with van der Waals surface area (Å²) in [5, 5.41) is 21.7. The summed E-state index contributed by atoms with van der Waals surface area (Å²) in [6, 6.07) is 8.91. The second-order valence-corrected chi connectivity index (χ2v) is 12.3. The van der Waals surface area contributed by atoms with Crippen molar-refractivity contribution in [3.8, 4) is 6.07 Å². The van der Waals surface area contributed by atoms with Crippen molar-refractivity contribution in [2.75, 3.05) is 11.1 Å². The molecule has 0 aliphatic heterocycles. The van der Waals surface area contributed by atoms with Gasteiger partial charge in [-0.25, -0.2) is 8.42 Å². The lowest BCUT2D eigenvalue weighted by molar-refractivity contribution is -0.113. The first-order valence-corrected chi connectivity index (χ1v) is 14.6. The Bertz CT molecular complexity index is 1400. The molecule has 0 saturated heterocycles. The Hall–Kier alpha value is -2.94. The number of carbonyl (C=O) groups excluding carboxylic acids is 1. The molecule has 1 aromatic carbocycles. The van der Waals surface area contributed by atoms with E-state index in [2.05, 4.69) is 28.2 Å². The summed E-state index contributed by atoms with van der Waals surface area (Å²) < 4.78 is 27.4. The Balaban J connectivity index is 1.46. The summed E-state index contributed by atoms with van der Waals surface area (Å²) in [6.07, 6.45) is 5.60. The summed E-state index contributed by atoms with van der Waals surface area (Å²) >= 11 is 2.64. The maximum absolute atomic E-state index is 12.9. The topological polar surface area (TPSA) is 118 Å². The standard InChI is InChI=1S/C24H25N5O3S3/c1-3-12-29-21(15-35(31,32)17-10-8-16(2)9-11-17)27-28-24(29)33-14-22(30)26-23-19(13-25)18-6-4-5-7-20(18)34-23/h3,8-11H,1,4-7,12,14-15H2,2H3,(H,26,30). The number of aromatic nitrogens is 3. The predicted molar refractivity (Wildman–Crippen MR) is 137 cm³/mol. The molecule has 0 fully saturated rings. The van der Waals surface area contributed by atoms with Crippen LogP contribution in [0.25, 0.3) is 0 Å². The Labute approximate surface area is 213 Å². The second kappa shape index (κ2) is 10.8. The zero-order valence-corrected chi connectivity index (χ0v) is 21.7. The van der Waals surface area contributed by atoms with Crippen molar-refractivity contribution in [2.24, 2.45) is 0 Å². The van der Waals surface area contributed by atoms with Gasteiger partial charge in [0.1, 0.15) is 22.6 Å². The lowest BCUT2D eigenvalue weighted by Crippen LogP contribution is -2.15. The van der Waals surface area contributed by atoms with E-state index in [0.29, 0.717) is 22.3 Å². The first-order chi connectivity index (χ1) is 16.8. The van der Waals surface area contributed by atoms with Crippen LogP contribution in [0.1, 0.15) is 40.2 Å². The van der Waals surface area contributed by atoms with E-state index in [1.807, 2.05) is 6.92 Å². The fourth-order valence-electron chi connectivity index (χ4n) is 3.91. The number of sulfone groups is 1. The molecule has 1 aliphatic carbocycles. The summed E-state index contributed by atoms with van der Waals surface area (Å²) in [5.41, 5.74) is 2.61. The van der Waals surface area contributed by atoms with Crippen LogP contribution in [0.2, 0.25) is 0 Å². The number of nitriles is 1. The number of fused-ring (bicyclic) bond motifs is 1. The van der Waals surface area contributed by atoms with Crippen molar-refractivity contribution in [1.82, 2.24) is 14.8 Å². The average molecular weight is 528 g/mol. The van der Waals surface area contributed by atoms with Gasteiger partial charge in [0.25, 0.3) is 0 Å². The zero-order valence-electron chi connectivity index (χ0n) is 19.3. The van der Waals surface area contributed by atoms with Crippen molar-refractivity contribution in [3.05, 3.63) is 64.3 Å². The molecule has 0 spiro atoms. The van der Waals surface area contributed by atoms with Crippen LogP contribution in [0.4, 0.5) is 5.00 Å². The largest absolute Gasteiger partial charge is 0.316 e. The summed E-state index contributed by atoms with van der Waals surface area (Å²) in [7, 11) is -3.61. The van der Waals surface area contributed by atoms with Crippen LogP contribution in [-0.4, -0.2) is 34.8 Å². The molecule has 1 amide bonds. The first kappa shape index (κ1) is 25.2. The van der Waals surface area contributed by atoms with Gasteiger partial charge in [0, 0.05) is 11.4 Å². The van der Waals surface area contributed by atoms with Crippen LogP contribution in [0, 0.1) is 18.3 Å². The molecule has 4 rings (SSSR count). The van der Waals surface area contributed by atoms with Crippen molar-refractivity contribution < 1.29 is 13.2 Å². The molecule has 2 aromatic heterocycles. The van der Waals surface area contributed by atoms with E-state index in [1.54, 1.807) is 34.9 Å². The lowest BCUT2D eigenvalue weighted by atomic mass is 9.96. The quantitative estimate of drug-likeness (QED) is 0.326. The van der Waals surface area contributed by atoms with E-state index in [0.717, 1.165) is 48.6 Å². The Morgan fingerprint density at radius 2 is 2.03 bits per heavy atom. The van der Waals surface area contributed by atoms with Gasteiger partial charge in [-0.15, -0.1) is 28.1 Å². The maximum atomic E-state index is 12.9. The molecule has 0 bridgehead atoms. The fourth-order valence-corrected chi connectivity index (χ4v) is 7.20. The Morgan fingerprint density at radius 1 is 1.29 bits per heavy atom. The van der Waals surface area contributed by atoms with Gasteiger partial charge in [-0.3, -0.25) is 4.79 Å². The minimum absolute atomic E-state index is 0.0490. The van der Waals surface area contributed by atoms with E-state index in [1.165, 1.54) is 16.2 Å². The lowest BCUT2D eigenvalue weighted by Gasteiger charge is -2.09. The average Bonchev–Trinajstić information content (AvgIpc) is 3.38. The van der Waals surface area contributed by atoms with Gasteiger partial charge in [-0.2, -0.15) is 5.26 Å². The number of allylic oxidation sites excluding steroid dienone is 1. The van der Waals surface area contributed by atoms with Crippen LogP contribution < -0.4 is 5.32 Å². The van der Waals surface area contributed by atoms with Crippen molar-refractivity contribution >= 4 is 43.8 Å². The maximum Gasteiger partial charge on any atom is 0.235 e. The molecule has 11 heteroatoms. The molecule has 8 nitrogen and oxygen atoms in total. The monoisotopic (exact) mass is 527 g/mol. The van der Waals surface area contributed by atoms with Crippen LogP contribution in [0.15, 0.2) is 47.0 Å².